The minimum absolute atomic E-state index is 0.0648. The zero-order valence-electron chi connectivity index (χ0n) is 7.49. The fourth-order valence-corrected chi connectivity index (χ4v) is 1.89. The van der Waals surface area contributed by atoms with Crippen molar-refractivity contribution < 1.29 is 9.50 Å². The van der Waals surface area contributed by atoms with Crippen molar-refractivity contribution in [2.75, 3.05) is 0 Å². The Bertz CT molecular complexity index is 467. The number of aromatic hydroxyl groups is 1. The molecule has 1 heterocycles. The Morgan fingerprint density at radius 3 is 2.79 bits per heavy atom. The maximum atomic E-state index is 13.4. The average Bonchev–Trinajstić information content (AvgIpc) is 2.51. The molecule has 2 rings (SSSR count). The number of halogens is 1. The second-order valence-corrected chi connectivity index (χ2v) is 3.85. The van der Waals surface area contributed by atoms with E-state index in [9.17, 15) is 4.39 Å². The van der Waals surface area contributed by atoms with Gasteiger partial charge in [-0.25, -0.2) is 9.37 Å². The first-order valence-electron chi connectivity index (χ1n) is 4.08. The molecule has 0 aliphatic rings. The first-order chi connectivity index (χ1) is 6.66. The van der Waals surface area contributed by atoms with Crippen LogP contribution in [0.1, 0.15) is 5.56 Å². The van der Waals surface area contributed by atoms with Crippen LogP contribution in [0.2, 0.25) is 0 Å². The maximum absolute atomic E-state index is 13.4. The predicted molar refractivity (Wildman–Crippen MR) is 53.9 cm³/mol. The summed E-state index contributed by atoms with van der Waals surface area (Å²) in [6, 6.07) is 4.94. The molecule has 0 saturated carbocycles. The average molecular weight is 209 g/mol. The number of aryl methyl sites for hydroxylation is 1. The normalized spacial score (nSPS) is 10.4. The third kappa shape index (κ3) is 1.61. The van der Waals surface area contributed by atoms with Gasteiger partial charge in [0.2, 0.25) is 5.88 Å². The van der Waals surface area contributed by atoms with Gasteiger partial charge in [-0.2, -0.15) is 0 Å². The molecule has 2 nitrogen and oxygen atoms in total. The molecule has 0 spiro atoms. The van der Waals surface area contributed by atoms with Crippen molar-refractivity contribution in [3.05, 3.63) is 35.0 Å². The van der Waals surface area contributed by atoms with Gasteiger partial charge < -0.3 is 5.11 Å². The summed E-state index contributed by atoms with van der Waals surface area (Å²) < 4.78 is 13.4. The second-order valence-electron chi connectivity index (χ2n) is 2.99. The van der Waals surface area contributed by atoms with Crippen LogP contribution >= 0.6 is 11.3 Å². The van der Waals surface area contributed by atoms with Gasteiger partial charge in [-0.1, -0.05) is 6.07 Å². The lowest BCUT2D eigenvalue weighted by atomic mass is 10.1. The van der Waals surface area contributed by atoms with Crippen molar-refractivity contribution in [3.8, 4) is 16.5 Å². The van der Waals surface area contributed by atoms with E-state index in [4.69, 9.17) is 5.11 Å². The lowest BCUT2D eigenvalue weighted by molar-refractivity contribution is 0.458. The zero-order valence-corrected chi connectivity index (χ0v) is 8.31. The summed E-state index contributed by atoms with van der Waals surface area (Å²) in [5.74, 6) is -0.371. The molecule has 1 aromatic carbocycles. The number of benzene rings is 1. The van der Waals surface area contributed by atoms with Gasteiger partial charge in [-0.05, 0) is 24.6 Å². The Morgan fingerprint density at radius 1 is 1.43 bits per heavy atom. The van der Waals surface area contributed by atoms with Gasteiger partial charge in [0.05, 0.1) is 5.38 Å². The van der Waals surface area contributed by atoms with E-state index in [2.05, 4.69) is 4.98 Å². The number of aromatic nitrogens is 1. The van der Waals surface area contributed by atoms with E-state index >= 15 is 0 Å². The van der Waals surface area contributed by atoms with Crippen molar-refractivity contribution in [2.24, 2.45) is 0 Å². The van der Waals surface area contributed by atoms with E-state index < -0.39 is 0 Å². The molecule has 0 radical (unpaired) electrons. The molecule has 14 heavy (non-hydrogen) atoms. The van der Waals surface area contributed by atoms with E-state index in [0.29, 0.717) is 10.6 Å². The highest BCUT2D eigenvalue weighted by Gasteiger charge is 2.08. The van der Waals surface area contributed by atoms with Crippen molar-refractivity contribution in [1.82, 2.24) is 4.98 Å². The number of thiazole rings is 1. The summed E-state index contributed by atoms with van der Waals surface area (Å²) in [4.78, 5) is 3.81. The number of rotatable bonds is 1. The van der Waals surface area contributed by atoms with Gasteiger partial charge >= 0.3 is 0 Å². The molecular weight excluding hydrogens is 201 g/mol. The number of nitrogens with zero attached hydrogens (tertiary/aromatic N) is 1. The Kier molecular flexibility index (Phi) is 2.21. The summed E-state index contributed by atoms with van der Waals surface area (Å²) in [6.45, 7) is 1.83. The predicted octanol–water partition coefficient (Wildman–Crippen LogP) is 2.96. The molecule has 4 heteroatoms. The minimum Gasteiger partial charge on any atom is -0.493 e. The molecule has 0 saturated heterocycles. The summed E-state index contributed by atoms with van der Waals surface area (Å²) >= 11 is 1.22. The van der Waals surface area contributed by atoms with Crippen LogP contribution in [-0.4, -0.2) is 10.1 Å². The largest absolute Gasteiger partial charge is 0.493 e. The highest BCUT2D eigenvalue weighted by molar-refractivity contribution is 7.13. The molecule has 1 N–H and O–H groups in total. The zero-order chi connectivity index (χ0) is 10.1. The minimum atomic E-state index is -0.306. The Hall–Kier alpha value is -1.42. The van der Waals surface area contributed by atoms with Crippen LogP contribution in [0.3, 0.4) is 0 Å². The first kappa shape index (κ1) is 9.15. The van der Waals surface area contributed by atoms with Crippen molar-refractivity contribution in [2.45, 2.75) is 6.92 Å². The van der Waals surface area contributed by atoms with Crippen LogP contribution in [0.25, 0.3) is 10.6 Å². The summed E-state index contributed by atoms with van der Waals surface area (Å²) in [7, 11) is 0. The molecule has 2 aromatic rings. The van der Waals surface area contributed by atoms with Crippen LogP contribution < -0.4 is 0 Å². The fourth-order valence-electron chi connectivity index (χ4n) is 1.18. The van der Waals surface area contributed by atoms with Gasteiger partial charge in [0.15, 0.2) is 0 Å². The van der Waals surface area contributed by atoms with Crippen LogP contribution in [0.4, 0.5) is 4.39 Å². The topological polar surface area (TPSA) is 33.1 Å². The molecular formula is C10H8FNOS. The van der Waals surface area contributed by atoms with Gasteiger partial charge in [0.1, 0.15) is 10.8 Å². The maximum Gasteiger partial charge on any atom is 0.222 e. The van der Waals surface area contributed by atoms with E-state index in [-0.39, 0.29) is 11.7 Å². The molecule has 1 aromatic heterocycles. The molecule has 0 fully saturated rings. The third-order valence-corrected chi connectivity index (χ3v) is 2.71. The van der Waals surface area contributed by atoms with Crippen LogP contribution in [0, 0.1) is 12.7 Å². The van der Waals surface area contributed by atoms with Crippen LogP contribution in [0.15, 0.2) is 23.6 Å². The molecule has 0 bridgehead atoms. The lowest BCUT2D eigenvalue weighted by Gasteiger charge is -1.99. The molecule has 72 valence electrons. The number of hydrogen-bond donors (Lipinski definition) is 1. The van der Waals surface area contributed by atoms with Crippen molar-refractivity contribution in [1.29, 1.82) is 0 Å². The standard InChI is InChI=1S/C10H8FNOS/c1-6-2-3-7(8(11)4-6)10-12-9(13)5-14-10/h2-5,13H,1H3. The Morgan fingerprint density at radius 2 is 2.21 bits per heavy atom. The first-order valence-corrected chi connectivity index (χ1v) is 4.96. The Labute approximate surface area is 84.7 Å². The van der Waals surface area contributed by atoms with Crippen molar-refractivity contribution >= 4 is 11.3 Å². The van der Waals surface area contributed by atoms with Crippen LogP contribution in [0.5, 0.6) is 5.88 Å². The van der Waals surface area contributed by atoms with Crippen molar-refractivity contribution in [3.63, 3.8) is 0 Å². The monoisotopic (exact) mass is 209 g/mol. The summed E-state index contributed by atoms with van der Waals surface area (Å²) in [6.07, 6.45) is 0. The molecule has 0 atom stereocenters. The molecule has 0 unspecified atom stereocenters. The summed E-state index contributed by atoms with van der Waals surface area (Å²) in [5, 5.41) is 11.0. The van der Waals surface area contributed by atoms with Gasteiger partial charge in [0.25, 0.3) is 0 Å². The van der Waals surface area contributed by atoms with E-state index in [0.717, 1.165) is 5.56 Å². The Balaban J connectivity index is 2.52. The second kappa shape index (κ2) is 3.38. The fraction of sp³-hybridized carbons (Fsp3) is 0.100. The lowest BCUT2D eigenvalue weighted by Crippen LogP contribution is -1.84. The summed E-state index contributed by atoms with van der Waals surface area (Å²) in [5.41, 5.74) is 1.30. The molecule has 0 aliphatic carbocycles. The number of hydrogen-bond acceptors (Lipinski definition) is 3. The molecule has 0 aliphatic heterocycles. The van der Waals surface area contributed by atoms with E-state index in [1.54, 1.807) is 6.07 Å². The van der Waals surface area contributed by atoms with E-state index in [1.807, 2.05) is 13.0 Å². The highest BCUT2D eigenvalue weighted by Crippen LogP contribution is 2.28. The molecule has 0 amide bonds. The SMILES string of the molecule is Cc1ccc(-c2nc(O)cs2)c(F)c1. The third-order valence-electron chi connectivity index (χ3n) is 1.85. The quantitative estimate of drug-likeness (QED) is 0.783. The highest BCUT2D eigenvalue weighted by atomic mass is 32.1. The van der Waals surface area contributed by atoms with E-state index in [1.165, 1.54) is 22.8 Å². The van der Waals surface area contributed by atoms with Crippen LogP contribution in [-0.2, 0) is 0 Å². The smallest absolute Gasteiger partial charge is 0.222 e. The van der Waals surface area contributed by atoms with Gasteiger partial charge in [-0.15, -0.1) is 11.3 Å². The van der Waals surface area contributed by atoms with Gasteiger partial charge in [0, 0.05) is 5.56 Å². The van der Waals surface area contributed by atoms with Gasteiger partial charge in [-0.3, -0.25) is 0 Å².